The number of nitrogens with two attached hydrogens (primary N) is 1. The first-order valence-corrected chi connectivity index (χ1v) is 5.54. The van der Waals surface area contributed by atoms with Crippen LogP contribution in [0.5, 0.6) is 0 Å². The first kappa shape index (κ1) is 14.7. The topological polar surface area (TPSA) is 26.0 Å². The molecule has 0 spiro atoms. The number of alkyl halides is 3. The average Bonchev–Trinajstić information content (AvgIpc) is 2.27. The number of halogens is 4. The van der Waals surface area contributed by atoms with Gasteiger partial charge in [-0.15, -0.1) is 0 Å². The van der Waals surface area contributed by atoms with Crippen LogP contribution in [0.4, 0.5) is 17.6 Å². The second-order valence-electron chi connectivity index (χ2n) is 4.15. The third kappa shape index (κ3) is 3.57. The van der Waals surface area contributed by atoms with Gasteiger partial charge in [0.15, 0.2) is 0 Å². The Morgan fingerprint density at radius 1 is 1.39 bits per heavy atom. The lowest BCUT2D eigenvalue weighted by Gasteiger charge is -2.15. The van der Waals surface area contributed by atoms with Gasteiger partial charge < -0.3 is 5.73 Å². The van der Waals surface area contributed by atoms with Crippen LogP contribution in [-0.2, 0) is 6.18 Å². The Hall–Kier alpha value is -1.36. The fraction of sp³-hybridized carbons (Fsp3) is 0.385. The van der Waals surface area contributed by atoms with Gasteiger partial charge in [-0.25, -0.2) is 4.39 Å². The molecule has 1 nitrogen and oxygen atoms in total. The Labute approximate surface area is 103 Å². The molecule has 0 aliphatic carbocycles. The highest BCUT2D eigenvalue weighted by molar-refractivity contribution is 5.30. The quantitative estimate of drug-likeness (QED) is 0.638. The van der Waals surface area contributed by atoms with Crippen molar-refractivity contribution in [3.8, 4) is 0 Å². The van der Waals surface area contributed by atoms with Crippen LogP contribution in [0.15, 0.2) is 30.4 Å². The maximum absolute atomic E-state index is 13.1. The summed E-state index contributed by atoms with van der Waals surface area (Å²) in [6.07, 6.45) is -3.61. The third-order valence-electron chi connectivity index (χ3n) is 2.73. The Kier molecular flexibility index (Phi) is 4.51. The van der Waals surface area contributed by atoms with Gasteiger partial charge in [0.05, 0.1) is 5.56 Å². The van der Waals surface area contributed by atoms with E-state index in [0.717, 1.165) is 17.7 Å². The van der Waals surface area contributed by atoms with Crippen LogP contribution in [0.25, 0.3) is 0 Å². The van der Waals surface area contributed by atoms with Crippen LogP contribution >= 0.6 is 0 Å². The summed E-state index contributed by atoms with van der Waals surface area (Å²) in [7, 11) is 0. The average molecular weight is 261 g/mol. The minimum absolute atomic E-state index is 0.262. The molecule has 2 N–H and O–H groups in total. The third-order valence-corrected chi connectivity index (χ3v) is 2.73. The van der Waals surface area contributed by atoms with Crippen molar-refractivity contribution in [3.05, 3.63) is 47.3 Å². The second-order valence-corrected chi connectivity index (χ2v) is 4.15. The summed E-state index contributed by atoms with van der Waals surface area (Å²) in [6, 6.07) is 2.24. The van der Waals surface area contributed by atoms with Crippen LogP contribution in [0.3, 0.4) is 0 Å². The van der Waals surface area contributed by atoms with E-state index < -0.39 is 23.6 Å². The van der Waals surface area contributed by atoms with Gasteiger partial charge in [-0.3, -0.25) is 0 Å². The van der Waals surface area contributed by atoms with E-state index in [4.69, 9.17) is 5.73 Å². The molecule has 5 heteroatoms. The predicted molar refractivity (Wildman–Crippen MR) is 62.4 cm³/mol. The zero-order valence-electron chi connectivity index (χ0n) is 10.0. The predicted octanol–water partition coefficient (Wildman–Crippen LogP) is 4.20. The molecule has 1 atom stereocenters. The van der Waals surface area contributed by atoms with E-state index in [0.29, 0.717) is 12.8 Å². The lowest BCUT2D eigenvalue weighted by molar-refractivity contribution is -0.140. The second kappa shape index (κ2) is 5.52. The smallest absolute Gasteiger partial charge is 0.324 e. The van der Waals surface area contributed by atoms with Crippen molar-refractivity contribution in [2.45, 2.75) is 32.0 Å². The molecule has 1 aromatic carbocycles. The molecule has 18 heavy (non-hydrogen) atoms. The highest BCUT2D eigenvalue weighted by Crippen LogP contribution is 2.33. The lowest BCUT2D eigenvalue weighted by atomic mass is 9.97. The highest BCUT2D eigenvalue weighted by Gasteiger charge is 2.34. The first-order chi connectivity index (χ1) is 8.25. The van der Waals surface area contributed by atoms with Gasteiger partial charge >= 0.3 is 6.18 Å². The Balaban J connectivity index is 3.01. The summed E-state index contributed by atoms with van der Waals surface area (Å²) < 4.78 is 50.6. The van der Waals surface area contributed by atoms with Gasteiger partial charge in [0.2, 0.25) is 0 Å². The van der Waals surface area contributed by atoms with Crippen molar-refractivity contribution in [1.82, 2.24) is 0 Å². The molecular formula is C13H15F4N. The molecule has 1 aromatic rings. The summed E-state index contributed by atoms with van der Waals surface area (Å²) in [5.74, 6) is -1.28. The molecule has 0 aliphatic rings. The van der Waals surface area contributed by atoms with E-state index in [1.54, 1.807) is 0 Å². The molecule has 0 heterocycles. The van der Waals surface area contributed by atoms with E-state index in [9.17, 15) is 17.6 Å². The van der Waals surface area contributed by atoms with Crippen LogP contribution < -0.4 is 5.73 Å². The van der Waals surface area contributed by atoms with Gasteiger partial charge in [-0.1, -0.05) is 25.1 Å². The summed E-state index contributed by atoms with van der Waals surface area (Å²) >= 11 is 0. The standard InChI is InChI=1S/C13H15F4N/c1-3-8(2)6-12(18)9-4-5-11(14)10(7-9)13(15,16)17/h4-5,7,12H,2-3,6,18H2,1H3. The summed E-state index contributed by atoms with van der Waals surface area (Å²) in [6.45, 7) is 5.64. The molecule has 100 valence electrons. The van der Waals surface area contributed by atoms with Gasteiger partial charge in [-0.05, 0) is 30.5 Å². The molecule has 0 saturated carbocycles. The molecule has 1 unspecified atom stereocenters. The van der Waals surface area contributed by atoms with Crippen LogP contribution in [0, 0.1) is 5.82 Å². The minimum Gasteiger partial charge on any atom is -0.324 e. The molecule has 0 saturated heterocycles. The SMILES string of the molecule is C=C(CC)CC(N)c1ccc(F)c(C(F)(F)F)c1. The zero-order chi connectivity index (χ0) is 13.9. The van der Waals surface area contributed by atoms with Gasteiger partial charge in [0.25, 0.3) is 0 Å². The van der Waals surface area contributed by atoms with Crippen LogP contribution in [0.2, 0.25) is 0 Å². The van der Waals surface area contributed by atoms with Crippen LogP contribution in [-0.4, -0.2) is 0 Å². The molecule has 0 radical (unpaired) electrons. The largest absolute Gasteiger partial charge is 0.419 e. The van der Waals surface area contributed by atoms with Gasteiger partial charge in [0.1, 0.15) is 5.82 Å². The maximum atomic E-state index is 13.1. The van der Waals surface area contributed by atoms with E-state index in [-0.39, 0.29) is 5.56 Å². The first-order valence-electron chi connectivity index (χ1n) is 5.54. The van der Waals surface area contributed by atoms with Crippen molar-refractivity contribution < 1.29 is 17.6 Å². The number of benzene rings is 1. The fourth-order valence-corrected chi connectivity index (χ4v) is 1.56. The summed E-state index contributed by atoms with van der Waals surface area (Å²) in [5, 5.41) is 0. The van der Waals surface area contributed by atoms with Crippen LogP contribution in [0.1, 0.15) is 36.9 Å². The molecule has 0 fully saturated rings. The molecule has 0 amide bonds. The van der Waals surface area contributed by atoms with Crippen molar-refractivity contribution in [2.24, 2.45) is 5.73 Å². The van der Waals surface area contributed by atoms with Crippen molar-refractivity contribution in [1.29, 1.82) is 0 Å². The number of hydrogen-bond acceptors (Lipinski definition) is 1. The number of rotatable bonds is 4. The highest BCUT2D eigenvalue weighted by atomic mass is 19.4. The van der Waals surface area contributed by atoms with Gasteiger partial charge in [0, 0.05) is 6.04 Å². The molecule has 0 bridgehead atoms. The Morgan fingerprint density at radius 3 is 2.50 bits per heavy atom. The van der Waals surface area contributed by atoms with E-state index >= 15 is 0 Å². The lowest BCUT2D eigenvalue weighted by Crippen LogP contribution is -2.14. The van der Waals surface area contributed by atoms with E-state index in [1.165, 1.54) is 6.07 Å². The monoisotopic (exact) mass is 261 g/mol. The summed E-state index contributed by atoms with van der Waals surface area (Å²) in [5.41, 5.74) is 5.61. The zero-order valence-corrected chi connectivity index (χ0v) is 10.0. The molecule has 0 aromatic heterocycles. The minimum atomic E-state index is -4.71. The van der Waals surface area contributed by atoms with Crippen molar-refractivity contribution >= 4 is 0 Å². The molecule has 1 rings (SSSR count). The van der Waals surface area contributed by atoms with Gasteiger partial charge in [-0.2, -0.15) is 13.2 Å². The van der Waals surface area contributed by atoms with E-state index in [2.05, 4.69) is 6.58 Å². The normalized spacial score (nSPS) is 13.4. The fourth-order valence-electron chi connectivity index (χ4n) is 1.56. The summed E-state index contributed by atoms with van der Waals surface area (Å²) in [4.78, 5) is 0. The van der Waals surface area contributed by atoms with Crippen molar-refractivity contribution in [3.63, 3.8) is 0 Å². The molecular weight excluding hydrogens is 246 g/mol. The Bertz CT molecular complexity index is 437. The van der Waals surface area contributed by atoms with E-state index in [1.807, 2.05) is 6.92 Å². The maximum Gasteiger partial charge on any atom is 0.419 e. The van der Waals surface area contributed by atoms with Crippen molar-refractivity contribution in [2.75, 3.05) is 0 Å². The number of hydrogen-bond donors (Lipinski definition) is 1. The Morgan fingerprint density at radius 2 is 2.00 bits per heavy atom. The molecule has 0 aliphatic heterocycles.